The molecule has 0 saturated carbocycles. The normalized spacial score (nSPS) is 10.4. The van der Waals surface area contributed by atoms with Crippen molar-refractivity contribution in [3.05, 3.63) is 34.0 Å². The van der Waals surface area contributed by atoms with Gasteiger partial charge in [-0.15, -0.1) is 11.3 Å². The van der Waals surface area contributed by atoms with E-state index in [9.17, 15) is 9.59 Å². The zero-order valence-corrected chi connectivity index (χ0v) is 12.6. The molecule has 2 aromatic heterocycles. The van der Waals surface area contributed by atoms with Gasteiger partial charge in [-0.3, -0.25) is 9.48 Å². The standard InChI is InChI=1S/C13H16N4O3S/c1-3-20-13(19)12-16-10(8-21-12)11(18)14-6-4-9-5-7-15-17(9)2/h5,7-8H,3-4,6H2,1-2H3,(H,14,18). The summed E-state index contributed by atoms with van der Waals surface area (Å²) in [7, 11) is 1.85. The number of esters is 1. The van der Waals surface area contributed by atoms with Crippen LogP contribution in [0.5, 0.6) is 0 Å². The van der Waals surface area contributed by atoms with Crippen LogP contribution in [0.3, 0.4) is 0 Å². The van der Waals surface area contributed by atoms with Crippen LogP contribution in [0.2, 0.25) is 0 Å². The molecule has 0 atom stereocenters. The average molecular weight is 308 g/mol. The van der Waals surface area contributed by atoms with Crippen molar-refractivity contribution in [2.24, 2.45) is 7.05 Å². The first kappa shape index (κ1) is 15.2. The van der Waals surface area contributed by atoms with Gasteiger partial charge in [0, 0.05) is 37.3 Å². The summed E-state index contributed by atoms with van der Waals surface area (Å²) in [5.41, 5.74) is 1.26. The second-order valence-corrected chi connectivity index (χ2v) is 5.07. The second-order valence-electron chi connectivity index (χ2n) is 4.21. The van der Waals surface area contributed by atoms with E-state index in [2.05, 4.69) is 15.4 Å². The van der Waals surface area contributed by atoms with E-state index in [0.29, 0.717) is 13.0 Å². The van der Waals surface area contributed by atoms with Crippen molar-refractivity contribution in [1.29, 1.82) is 0 Å². The maximum Gasteiger partial charge on any atom is 0.367 e. The molecule has 21 heavy (non-hydrogen) atoms. The summed E-state index contributed by atoms with van der Waals surface area (Å²) in [6, 6.07) is 1.90. The number of nitrogens with zero attached hydrogens (tertiary/aromatic N) is 3. The Labute approximate surface area is 125 Å². The fourth-order valence-corrected chi connectivity index (χ4v) is 2.40. The third-order valence-corrected chi connectivity index (χ3v) is 3.60. The molecular weight excluding hydrogens is 292 g/mol. The van der Waals surface area contributed by atoms with Crippen LogP contribution in [-0.4, -0.2) is 39.8 Å². The third-order valence-electron chi connectivity index (χ3n) is 2.78. The van der Waals surface area contributed by atoms with Crippen molar-refractivity contribution in [3.8, 4) is 0 Å². The van der Waals surface area contributed by atoms with Crippen LogP contribution in [0.25, 0.3) is 0 Å². The number of ether oxygens (including phenoxy) is 1. The molecule has 0 aromatic carbocycles. The van der Waals surface area contributed by atoms with Gasteiger partial charge >= 0.3 is 5.97 Å². The van der Waals surface area contributed by atoms with Crippen molar-refractivity contribution in [2.75, 3.05) is 13.2 Å². The van der Waals surface area contributed by atoms with Crippen molar-refractivity contribution >= 4 is 23.2 Å². The molecule has 0 aliphatic heterocycles. The number of carbonyl (C=O) groups is 2. The Morgan fingerprint density at radius 3 is 2.95 bits per heavy atom. The van der Waals surface area contributed by atoms with Gasteiger partial charge in [-0.25, -0.2) is 9.78 Å². The highest BCUT2D eigenvalue weighted by Crippen LogP contribution is 2.11. The van der Waals surface area contributed by atoms with Crippen LogP contribution in [0.4, 0.5) is 0 Å². The van der Waals surface area contributed by atoms with Gasteiger partial charge < -0.3 is 10.1 Å². The summed E-state index contributed by atoms with van der Waals surface area (Å²) in [4.78, 5) is 27.4. The van der Waals surface area contributed by atoms with Crippen molar-refractivity contribution in [3.63, 3.8) is 0 Å². The molecule has 112 valence electrons. The molecule has 0 fully saturated rings. The van der Waals surface area contributed by atoms with E-state index in [-0.39, 0.29) is 23.2 Å². The van der Waals surface area contributed by atoms with Crippen LogP contribution in [0.15, 0.2) is 17.6 Å². The first-order valence-corrected chi connectivity index (χ1v) is 7.37. The average Bonchev–Trinajstić information content (AvgIpc) is 3.09. The third kappa shape index (κ3) is 3.88. The van der Waals surface area contributed by atoms with Crippen molar-refractivity contribution in [1.82, 2.24) is 20.1 Å². The summed E-state index contributed by atoms with van der Waals surface area (Å²) in [5, 5.41) is 8.55. The predicted molar refractivity (Wildman–Crippen MR) is 77.3 cm³/mol. The lowest BCUT2D eigenvalue weighted by molar-refractivity contribution is 0.0526. The molecule has 2 heterocycles. The maximum atomic E-state index is 11.9. The van der Waals surface area contributed by atoms with Crippen LogP contribution < -0.4 is 5.32 Å². The molecule has 0 radical (unpaired) electrons. The summed E-state index contributed by atoms with van der Waals surface area (Å²) in [6.45, 7) is 2.48. The van der Waals surface area contributed by atoms with Gasteiger partial charge in [0.1, 0.15) is 5.69 Å². The minimum Gasteiger partial charge on any atom is -0.461 e. The first-order chi connectivity index (χ1) is 10.1. The topological polar surface area (TPSA) is 86.1 Å². The smallest absolute Gasteiger partial charge is 0.367 e. The van der Waals surface area contributed by atoms with E-state index in [0.717, 1.165) is 17.0 Å². The maximum absolute atomic E-state index is 11.9. The largest absolute Gasteiger partial charge is 0.461 e. The summed E-state index contributed by atoms with van der Waals surface area (Å²) >= 11 is 1.10. The Balaban J connectivity index is 1.86. The number of aromatic nitrogens is 3. The number of rotatable bonds is 6. The van der Waals surface area contributed by atoms with E-state index in [4.69, 9.17) is 4.74 Å². The van der Waals surface area contributed by atoms with Gasteiger partial charge in [-0.2, -0.15) is 5.10 Å². The Bertz CT molecular complexity index is 635. The van der Waals surface area contributed by atoms with E-state index in [1.165, 1.54) is 0 Å². The van der Waals surface area contributed by atoms with Gasteiger partial charge in [0.25, 0.3) is 5.91 Å². The molecular formula is C13H16N4O3S. The molecule has 8 heteroatoms. The Hall–Kier alpha value is -2.22. The number of amides is 1. The summed E-state index contributed by atoms with van der Waals surface area (Å²) in [5.74, 6) is -0.805. The van der Waals surface area contributed by atoms with E-state index >= 15 is 0 Å². The molecule has 0 saturated heterocycles. The minimum atomic E-state index is -0.503. The fraction of sp³-hybridized carbons (Fsp3) is 0.385. The number of hydrogen-bond acceptors (Lipinski definition) is 6. The van der Waals surface area contributed by atoms with Gasteiger partial charge in [0.15, 0.2) is 0 Å². The molecule has 0 spiro atoms. The molecule has 0 aliphatic rings. The monoisotopic (exact) mass is 308 g/mol. The number of hydrogen-bond donors (Lipinski definition) is 1. The summed E-state index contributed by atoms with van der Waals surface area (Å²) < 4.78 is 6.59. The van der Waals surface area contributed by atoms with E-state index in [1.54, 1.807) is 23.2 Å². The molecule has 2 rings (SSSR count). The Morgan fingerprint density at radius 2 is 2.29 bits per heavy atom. The second kappa shape index (κ2) is 6.98. The molecule has 7 nitrogen and oxygen atoms in total. The van der Waals surface area contributed by atoms with E-state index in [1.807, 2.05) is 13.1 Å². The number of carbonyl (C=O) groups excluding carboxylic acids is 2. The number of aryl methyl sites for hydroxylation is 1. The van der Waals surface area contributed by atoms with Gasteiger partial charge in [-0.1, -0.05) is 0 Å². The predicted octanol–water partition coefficient (Wildman–Crippen LogP) is 1.03. The van der Waals surface area contributed by atoms with Gasteiger partial charge in [-0.05, 0) is 13.0 Å². The number of thiazole rings is 1. The van der Waals surface area contributed by atoms with E-state index < -0.39 is 5.97 Å². The van der Waals surface area contributed by atoms with Gasteiger partial charge in [0.05, 0.1) is 6.61 Å². The molecule has 0 bridgehead atoms. The lowest BCUT2D eigenvalue weighted by atomic mass is 10.3. The molecule has 1 amide bonds. The highest BCUT2D eigenvalue weighted by molar-refractivity contribution is 7.11. The zero-order chi connectivity index (χ0) is 15.2. The molecule has 0 unspecified atom stereocenters. The Morgan fingerprint density at radius 1 is 1.48 bits per heavy atom. The molecule has 2 aromatic rings. The lowest BCUT2D eigenvalue weighted by Gasteiger charge is -2.03. The number of nitrogens with one attached hydrogen (secondary N) is 1. The molecule has 1 N–H and O–H groups in total. The SMILES string of the molecule is CCOC(=O)c1nc(C(=O)NCCc2ccnn2C)cs1. The minimum absolute atomic E-state index is 0.189. The first-order valence-electron chi connectivity index (χ1n) is 6.49. The van der Waals surface area contributed by atoms with Crippen LogP contribution in [0, 0.1) is 0 Å². The highest BCUT2D eigenvalue weighted by atomic mass is 32.1. The van der Waals surface area contributed by atoms with Crippen LogP contribution >= 0.6 is 11.3 Å². The van der Waals surface area contributed by atoms with Crippen molar-refractivity contribution < 1.29 is 14.3 Å². The van der Waals surface area contributed by atoms with Crippen LogP contribution in [0.1, 0.15) is 32.9 Å². The quantitative estimate of drug-likeness (QED) is 0.805. The van der Waals surface area contributed by atoms with Crippen molar-refractivity contribution in [2.45, 2.75) is 13.3 Å². The summed E-state index contributed by atoms with van der Waals surface area (Å²) in [6.07, 6.45) is 2.39. The Kier molecular flexibility index (Phi) is 5.04. The van der Waals surface area contributed by atoms with Crippen LogP contribution in [-0.2, 0) is 18.2 Å². The fourth-order valence-electron chi connectivity index (χ4n) is 1.71. The molecule has 0 aliphatic carbocycles. The lowest BCUT2D eigenvalue weighted by Crippen LogP contribution is -2.26. The highest BCUT2D eigenvalue weighted by Gasteiger charge is 2.16. The van der Waals surface area contributed by atoms with Gasteiger partial charge in [0.2, 0.25) is 5.01 Å². The zero-order valence-electron chi connectivity index (χ0n) is 11.8.